The molecule has 1 rings (SSSR count). The summed E-state index contributed by atoms with van der Waals surface area (Å²) in [5, 5.41) is 0. The summed E-state index contributed by atoms with van der Waals surface area (Å²) in [6.45, 7) is 13.6. The molecule has 0 radical (unpaired) electrons. The SMILES string of the molecule is CCC1=C(CC)C(CC)=C(O[Si](C)(C)C)C1. The van der Waals surface area contributed by atoms with E-state index in [9.17, 15) is 0 Å². The Kier molecular flexibility index (Phi) is 4.42. The van der Waals surface area contributed by atoms with Gasteiger partial charge in [-0.1, -0.05) is 26.3 Å². The molecule has 16 heavy (non-hydrogen) atoms. The molecule has 0 bridgehead atoms. The van der Waals surface area contributed by atoms with Crippen LogP contribution in [-0.4, -0.2) is 8.32 Å². The van der Waals surface area contributed by atoms with Crippen molar-refractivity contribution in [1.29, 1.82) is 0 Å². The Morgan fingerprint density at radius 2 is 1.50 bits per heavy atom. The maximum Gasteiger partial charge on any atom is 0.241 e. The fraction of sp³-hybridized carbons (Fsp3) is 0.714. The highest BCUT2D eigenvalue weighted by molar-refractivity contribution is 6.70. The molecule has 92 valence electrons. The van der Waals surface area contributed by atoms with Crippen LogP contribution in [0.1, 0.15) is 46.5 Å². The minimum atomic E-state index is -1.45. The Morgan fingerprint density at radius 1 is 0.938 bits per heavy atom. The van der Waals surface area contributed by atoms with Gasteiger partial charge >= 0.3 is 0 Å². The van der Waals surface area contributed by atoms with Crippen LogP contribution in [0.3, 0.4) is 0 Å². The van der Waals surface area contributed by atoms with E-state index in [2.05, 4.69) is 40.4 Å². The molecule has 0 saturated heterocycles. The van der Waals surface area contributed by atoms with E-state index in [0.29, 0.717) is 0 Å². The molecule has 0 spiro atoms. The smallest absolute Gasteiger partial charge is 0.241 e. The standard InChI is InChI=1S/C14H26OSi/c1-7-11-10-14(15-16(4,5)6)13(9-3)12(11)8-2/h7-10H2,1-6H3. The molecule has 1 nitrogen and oxygen atoms in total. The summed E-state index contributed by atoms with van der Waals surface area (Å²) < 4.78 is 6.24. The zero-order chi connectivity index (χ0) is 12.3. The fourth-order valence-corrected chi connectivity index (χ4v) is 3.40. The van der Waals surface area contributed by atoms with Crippen molar-refractivity contribution in [3.63, 3.8) is 0 Å². The van der Waals surface area contributed by atoms with Crippen LogP contribution in [0.5, 0.6) is 0 Å². The second kappa shape index (κ2) is 5.22. The molecule has 0 aromatic rings. The molecule has 0 unspecified atom stereocenters. The monoisotopic (exact) mass is 238 g/mol. The Labute approximate surface area is 102 Å². The minimum Gasteiger partial charge on any atom is -0.547 e. The molecule has 1 aliphatic carbocycles. The quantitative estimate of drug-likeness (QED) is 0.611. The van der Waals surface area contributed by atoms with Gasteiger partial charge in [-0.15, -0.1) is 0 Å². The normalized spacial score (nSPS) is 17.4. The molecular formula is C14H26OSi. The number of allylic oxidation sites excluding steroid dienone is 3. The van der Waals surface area contributed by atoms with E-state index in [1.165, 1.54) is 17.8 Å². The molecule has 0 aromatic heterocycles. The highest BCUT2D eigenvalue weighted by atomic mass is 28.4. The molecule has 0 N–H and O–H groups in total. The Balaban J connectivity index is 2.96. The van der Waals surface area contributed by atoms with E-state index in [0.717, 1.165) is 19.3 Å². The van der Waals surface area contributed by atoms with Gasteiger partial charge in [-0.2, -0.15) is 0 Å². The third-order valence-electron chi connectivity index (χ3n) is 3.06. The molecule has 1 aliphatic rings. The van der Waals surface area contributed by atoms with Crippen molar-refractivity contribution < 1.29 is 4.43 Å². The maximum atomic E-state index is 6.24. The van der Waals surface area contributed by atoms with Crippen molar-refractivity contribution in [1.82, 2.24) is 0 Å². The van der Waals surface area contributed by atoms with Crippen molar-refractivity contribution in [2.45, 2.75) is 66.1 Å². The van der Waals surface area contributed by atoms with Gasteiger partial charge in [-0.05, 0) is 50.0 Å². The highest BCUT2D eigenvalue weighted by Gasteiger charge is 2.26. The fourth-order valence-electron chi connectivity index (χ4n) is 2.47. The summed E-state index contributed by atoms with van der Waals surface area (Å²) in [6, 6.07) is 0. The van der Waals surface area contributed by atoms with Crippen LogP contribution >= 0.6 is 0 Å². The van der Waals surface area contributed by atoms with Crippen LogP contribution in [0.25, 0.3) is 0 Å². The van der Waals surface area contributed by atoms with E-state index >= 15 is 0 Å². The van der Waals surface area contributed by atoms with E-state index in [1.807, 2.05) is 0 Å². The summed E-state index contributed by atoms with van der Waals surface area (Å²) in [5.41, 5.74) is 4.69. The second-order valence-electron chi connectivity index (χ2n) is 5.44. The van der Waals surface area contributed by atoms with Gasteiger partial charge in [0, 0.05) is 6.42 Å². The Morgan fingerprint density at radius 3 is 1.88 bits per heavy atom. The first-order chi connectivity index (χ1) is 7.42. The molecule has 0 atom stereocenters. The highest BCUT2D eigenvalue weighted by Crippen LogP contribution is 2.39. The number of hydrogen-bond acceptors (Lipinski definition) is 1. The zero-order valence-electron chi connectivity index (χ0n) is 11.7. The predicted molar refractivity (Wildman–Crippen MR) is 74.0 cm³/mol. The van der Waals surface area contributed by atoms with E-state index in [1.54, 1.807) is 11.1 Å². The Hall–Kier alpha value is -0.503. The van der Waals surface area contributed by atoms with Crippen molar-refractivity contribution in [2.24, 2.45) is 0 Å². The van der Waals surface area contributed by atoms with Crippen molar-refractivity contribution in [3.05, 3.63) is 22.5 Å². The predicted octanol–water partition coefficient (Wildman–Crippen LogP) is 5.02. The second-order valence-corrected chi connectivity index (χ2v) is 9.86. The first-order valence-electron chi connectivity index (χ1n) is 6.55. The largest absolute Gasteiger partial charge is 0.547 e. The molecule has 0 aliphatic heterocycles. The van der Waals surface area contributed by atoms with Gasteiger partial charge in [-0.3, -0.25) is 0 Å². The van der Waals surface area contributed by atoms with E-state index < -0.39 is 8.32 Å². The van der Waals surface area contributed by atoms with Gasteiger partial charge in [0.2, 0.25) is 8.32 Å². The van der Waals surface area contributed by atoms with Gasteiger partial charge < -0.3 is 4.43 Å². The molecule has 0 saturated carbocycles. The lowest BCUT2D eigenvalue weighted by atomic mass is 10.0. The van der Waals surface area contributed by atoms with E-state index in [4.69, 9.17) is 4.43 Å². The summed E-state index contributed by atoms with van der Waals surface area (Å²) in [6.07, 6.45) is 4.52. The molecule has 0 amide bonds. The molecule has 0 heterocycles. The van der Waals surface area contributed by atoms with Crippen molar-refractivity contribution in [2.75, 3.05) is 0 Å². The van der Waals surface area contributed by atoms with Gasteiger partial charge in [0.05, 0.1) is 5.76 Å². The Bertz CT molecular complexity index is 318. The average molecular weight is 238 g/mol. The van der Waals surface area contributed by atoms with Gasteiger partial charge in [0.1, 0.15) is 0 Å². The summed E-state index contributed by atoms with van der Waals surface area (Å²) in [5.74, 6) is 1.29. The van der Waals surface area contributed by atoms with Gasteiger partial charge in [-0.25, -0.2) is 0 Å². The molecular weight excluding hydrogens is 212 g/mol. The molecule has 0 fully saturated rings. The first kappa shape index (κ1) is 13.6. The topological polar surface area (TPSA) is 9.23 Å². The van der Waals surface area contributed by atoms with Crippen LogP contribution in [-0.2, 0) is 4.43 Å². The maximum absolute atomic E-state index is 6.24. The zero-order valence-corrected chi connectivity index (χ0v) is 12.7. The van der Waals surface area contributed by atoms with Crippen LogP contribution in [0, 0.1) is 0 Å². The average Bonchev–Trinajstić information content (AvgIpc) is 2.52. The number of rotatable bonds is 5. The van der Waals surface area contributed by atoms with Crippen molar-refractivity contribution >= 4 is 8.32 Å². The van der Waals surface area contributed by atoms with E-state index in [-0.39, 0.29) is 0 Å². The third kappa shape index (κ3) is 3.00. The lowest BCUT2D eigenvalue weighted by Crippen LogP contribution is -2.25. The summed E-state index contributed by atoms with van der Waals surface area (Å²) in [7, 11) is -1.45. The van der Waals surface area contributed by atoms with Crippen LogP contribution < -0.4 is 0 Å². The minimum absolute atomic E-state index is 1.08. The van der Waals surface area contributed by atoms with Crippen LogP contribution in [0.15, 0.2) is 22.5 Å². The molecule has 0 aromatic carbocycles. The number of hydrogen-bond donors (Lipinski definition) is 0. The van der Waals surface area contributed by atoms with Crippen molar-refractivity contribution in [3.8, 4) is 0 Å². The van der Waals surface area contributed by atoms with Gasteiger partial charge in [0.25, 0.3) is 0 Å². The summed E-state index contributed by atoms with van der Waals surface area (Å²) >= 11 is 0. The lowest BCUT2D eigenvalue weighted by molar-refractivity contribution is 0.406. The summed E-state index contributed by atoms with van der Waals surface area (Å²) in [4.78, 5) is 0. The third-order valence-corrected chi connectivity index (χ3v) is 3.92. The first-order valence-corrected chi connectivity index (χ1v) is 9.96. The van der Waals surface area contributed by atoms with Crippen LogP contribution in [0.2, 0.25) is 19.6 Å². The van der Waals surface area contributed by atoms with Gasteiger partial charge in [0.15, 0.2) is 0 Å². The lowest BCUT2D eigenvalue weighted by Gasteiger charge is -2.22. The van der Waals surface area contributed by atoms with Crippen LogP contribution in [0.4, 0.5) is 0 Å². The molecule has 2 heteroatoms.